The van der Waals surface area contributed by atoms with Crippen LogP contribution >= 0.6 is 23.5 Å². The number of nitrogens with two attached hydrogens (primary N) is 3. The molecule has 114 heavy (non-hydrogen) atoms. The molecule has 13 atom stereocenters. The SMILES string of the molecule is CSC/C=C/C[C@H](NC(=O)[C@@H]1CCCN1C(=O)[C@H](CCC(N)=O)NC(=O)[C@H](CO)NC(=O)[C@H](CCC(=O)O)NC(=O)CNC(=O)[C@H](CCC(N)=O)NC(=O)[C@H](C/C=C/CSC)NC(=O)[C@H](CC(N)=O)NC(=O)[C@H](CCC(=O)O)NC(=O)[C@@H]1CCCN1C(=O)[C@H](CO)NC(=O)[C@H](Cc1ccccc1)NC(=O)[C@@H]1CCC(=O)N1)C(=O)O. The van der Waals surface area contributed by atoms with Crippen LogP contribution in [0.25, 0.3) is 0 Å². The Morgan fingerprint density at radius 2 is 0.895 bits per heavy atom. The van der Waals surface area contributed by atoms with Crippen LogP contribution in [0.1, 0.15) is 115 Å². The number of hydrogen-bond acceptors (Lipinski definition) is 24. The number of aliphatic hydroxyl groups excluding tert-OH is 2. The topological polar surface area (TPSA) is 671 Å². The summed E-state index contributed by atoms with van der Waals surface area (Å²) in [4.78, 5) is 267. The Kier molecular flexibility index (Phi) is 41.1. The number of nitrogens with one attached hydrogen (secondary N) is 12. The maximum atomic E-state index is 14.3. The highest BCUT2D eigenvalue weighted by Crippen LogP contribution is 2.23. The number of carboxylic acid groups (broad SMARTS) is 3. The van der Waals surface area contributed by atoms with E-state index in [4.69, 9.17) is 17.2 Å². The molecule has 3 aliphatic heterocycles. The van der Waals surface area contributed by atoms with Gasteiger partial charge in [-0.05, 0) is 88.7 Å². The van der Waals surface area contributed by atoms with Gasteiger partial charge in [-0.1, -0.05) is 54.6 Å². The average Bonchev–Trinajstić information content (AvgIpc) is 1.64. The number of benzene rings is 1. The third kappa shape index (κ3) is 32.8. The summed E-state index contributed by atoms with van der Waals surface area (Å²) in [6.07, 6.45) is 3.64. The zero-order valence-electron chi connectivity index (χ0n) is 62.7. The highest BCUT2D eigenvalue weighted by molar-refractivity contribution is 7.98. The molecule has 0 radical (unpaired) electrons. The minimum atomic E-state index is -2.01. The van der Waals surface area contributed by atoms with E-state index in [1.54, 1.807) is 54.8 Å². The normalized spacial score (nSPS) is 17.8. The number of aliphatic hydroxyl groups is 2. The van der Waals surface area contributed by atoms with Gasteiger partial charge in [0.25, 0.3) is 0 Å². The maximum Gasteiger partial charge on any atom is 0.326 e. The summed E-state index contributed by atoms with van der Waals surface area (Å²) in [5.41, 5.74) is 16.9. The number of carbonyl (C=O) groups excluding carboxylic acids is 17. The van der Waals surface area contributed by atoms with Gasteiger partial charge in [-0.25, -0.2) is 4.79 Å². The van der Waals surface area contributed by atoms with Gasteiger partial charge in [0, 0.05) is 63.1 Å². The molecule has 1 aromatic rings. The molecule has 0 aromatic heterocycles. The van der Waals surface area contributed by atoms with Crippen molar-refractivity contribution in [3.05, 3.63) is 60.2 Å². The zero-order chi connectivity index (χ0) is 84.7. The number of primary amides is 3. The van der Waals surface area contributed by atoms with Crippen LogP contribution in [0.2, 0.25) is 0 Å². The van der Waals surface area contributed by atoms with E-state index in [1.807, 2.05) is 6.26 Å². The summed E-state index contributed by atoms with van der Waals surface area (Å²) in [6.45, 7) is -3.49. The molecular formula is C70H101N17O25S2. The Bertz CT molecular complexity index is 3710. The molecule has 0 aliphatic carbocycles. The van der Waals surface area contributed by atoms with Gasteiger partial charge in [0.1, 0.15) is 78.5 Å². The summed E-state index contributed by atoms with van der Waals surface area (Å²) in [7, 11) is 0. The number of hydrogen-bond donors (Lipinski definition) is 20. The molecule has 0 spiro atoms. The van der Waals surface area contributed by atoms with Crippen LogP contribution < -0.4 is 81.0 Å². The third-order valence-electron chi connectivity index (χ3n) is 18.0. The number of likely N-dealkylation sites (tertiary alicyclic amines) is 2. The molecule has 0 saturated carbocycles. The van der Waals surface area contributed by atoms with Gasteiger partial charge in [-0.3, -0.25) is 91.1 Å². The van der Waals surface area contributed by atoms with Crippen molar-refractivity contribution in [1.82, 2.24) is 73.6 Å². The minimum Gasteiger partial charge on any atom is -0.481 e. The molecule has 23 N–H and O–H groups in total. The molecule has 17 amide bonds. The van der Waals surface area contributed by atoms with Crippen molar-refractivity contribution in [2.75, 3.05) is 56.9 Å². The van der Waals surface area contributed by atoms with E-state index >= 15 is 0 Å². The first-order chi connectivity index (χ1) is 54.1. The first kappa shape index (κ1) is 95.1. The summed E-state index contributed by atoms with van der Waals surface area (Å²) < 4.78 is 0. The fraction of sp³-hybridized carbons (Fsp3) is 0.571. The second kappa shape index (κ2) is 49.3. The third-order valence-corrected chi connectivity index (χ3v) is 19.1. The van der Waals surface area contributed by atoms with Crippen molar-refractivity contribution in [1.29, 1.82) is 0 Å². The molecular weight excluding hydrogens is 1540 g/mol. The Labute approximate surface area is 662 Å². The van der Waals surface area contributed by atoms with Crippen LogP contribution in [-0.4, -0.2) is 289 Å². The molecule has 3 fully saturated rings. The quantitative estimate of drug-likeness (QED) is 0.0269. The van der Waals surface area contributed by atoms with Crippen LogP contribution in [0.4, 0.5) is 0 Å². The molecule has 3 aliphatic rings. The van der Waals surface area contributed by atoms with Crippen LogP contribution in [0, 0.1) is 0 Å². The molecule has 3 saturated heterocycles. The Morgan fingerprint density at radius 3 is 1.39 bits per heavy atom. The highest BCUT2D eigenvalue weighted by atomic mass is 32.2. The number of nitrogens with zero attached hydrogens (tertiary/aromatic N) is 2. The predicted octanol–water partition coefficient (Wildman–Crippen LogP) is -7.72. The lowest BCUT2D eigenvalue weighted by atomic mass is 10.0. The van der Waals surface area contributed by atoms with Crippen molar-refractivity contribution >= 4 is 142 Å². The molecule has 0 unspecified atom stereocenters. The van der Waals surface area contributed by atoms with Crippen LogP contribution in [-0.2, 0) is 102 Å². The van der Waals surface area contributed by atoms with E-state index in [1.165, 1.54) is 29.6 Å². The second-order valence-electron chi connectivity index (χ2n) is 26.7. The lowest BCUT2D eigenvalue weighted by Gasteiger charge is -2.30. The first-order valence-electron chi connectivity index (χ1n) is 36.4. The van der Waals surface area contributed by atoms with Crippen molar-refractivity contribution in [2.45, 2.75) is 194 Å². The molecule has 0 bridgehead atoms. The molecule has 42 nitrogen and oxygen atoms in total. The van der Waals surface area contributed by atoms with Crippen molar-refractivity contribution < 1.29 is 121 Å². The monoisotopic (exact) mass is 1640 g/mol. The summed E-state index contributed by atoms with van der Waals surface area (Å²) >= 11 is 2.80. The number of amides is 17. The van der Waals surface area contributed by atoms with E-state index in [2.05, 4.69) is 63.8 Å². The summed E-state index contributed by atoms with van der Waals surface area (Å²) in [5, 5.41) is 77.9. The van der Waals surface area contributed by atoms with Gasteiger partial charge in [-0.2, -0.15) is 23.5 Å². The van der Waals surface area contributed by atoms with Crippen LogP contribution in [0.15, 0.2) is 54.6 Å². The van der Waals surface area contributed by atoms with Gasteiger partial charge in [-0.15, -0.1) is 0 Å². The molecule has 4 rings (SSSR count). The van der Waals surface area contributed by atoms with Crippen LogP contribution in [0.5, 0.6) is 0 Å². The maximum absolute atomic E-state index is 14.3. The molecule has 1 aromatic carbocycles. The van der Waals surface area contributed by atoms with Gasteiger partial charge < -0.3 is 116 Å². The second-order valence-corrected chi connectivity index (χ2v) is 28.5. The number of aliphatic carboxylic acids is 3. The van der Waals surface area contributed by atoms with E-state index in [0.717, 1.165) is 9.80 Å². The summed E-state index contributed by atoms with van der Waals surface area (Å²) in [5.74, 6) is -21.1. The molecule has 44 heteroatoms. The fourth-order valence-electron chi connectivity index (χ4n) is 12.1. The number of carbonyl (C=O) groups is 20. The van der Waals surface area contributed by atoms with Gasteiger partial charge in [0.15, 0.2) is 0 Å². The van der Waals surface area contributed by atoms with Crippen molar-refractivity contribution in [3.63, 3.8) is 0 Å². The highest BCUT2D eigenvalue weighted by Gasteiger charge is 2.43. The first-order valence-corrected chi connectivity index (χ1v) is 39.2. The Hall–Kier alpha value is -11.3. The van der Waals surface area contributed by atoms with Crippen molar-refractivity contribution in [3.8, 4) is 0 Å². The largest absolute Gasteiger partial charge is 0.481 e. The van der Waals surface area contributed by atoms with Gasteiger partial charge >= 0.3 is 17.9 Å². The Morgan fingerprint density at radius 1 is 0.474 bits per heavy atom. The molecule has 628 valence electrons. The standard InChI is InChI=1S/C70H101N17O25S2/c1-113-30-8-6-14-38(77-64(105)46(33-53(73)92)83-62(103)42(22-27-57(97)98)79-66(107)49-16-11-29-87(49)69(110)48(36-89)85-63(104)45(32-37-12-4-3-5-13-37)82-60(101)40-20-25-54(93)75-40)59(100)78-39(18-23-51(71)90)58(99)74-34-55(94)76-41(21-26-56(95)96)61(102)84-47(35-88)65(106)80-43(19-24-52(72)91)68(109)86-28-10-17-50(86)67(108)81-44(70(111)112)15-7-9-31-114-2/h3-9,12-13,38-50,88-89H,10-11,14-36H2,1-2H3,(H2,71,90)(H2,72,91)(H2,73,92)(H,74,99)(H,75,93)(H,76,94)(H,77,105)(H,78,100)(H,79,107)(H,80,106)(H,81,108)(H,82,101)(H,83,103)(H,84,102)(H,85,104)(H,95,96)(H,97,98)(H,111,112)/b8-6+,9-7+/t38-,39-,40-,41-,42-,43-,44-,45-,46-,47-,48-,49-,50-/m0/s1. The Balaban J connectivity index is 1.50. The average molecular weight is 1640 g/mol. The number of carboxylic acids is 3. The smallest absolute Gasteiger partial charge is 0.326 e. The van der Waals surface area contributed by atoms with E-state index in [9.17, 15) is 121 Å². The minimum absolute atomic E-state index is 0.0613. The number of thioether (sulfide) groups is 2. The van der Waals surface area contributed by atoms with Gasteiger partial charge in [0.2, 0.25) is 100 Å². The molecule has 3 heterocycles. The number of rotatable bonds is 51. The fourth-order valence-corrected chi connectivity index (χ4v) is 12.7. The van der Waals surface area contributed by atoms with E-state index in [-0.39, 0.29) is 70.4 Å². The van der Waals surface area contributed by atoms with E-state index in [0.29, 0.717) is 17.1 Å². The van der Waals surface area contributed by atoms with Gasteiger partial charge in [0.05, 0.1) is 26.2 Å². The zero-order valence-corrected chi connectivity index (χ0v) is 64.4. The van der Waals surface area contributed by atoms with E-state index < -0.39 is 275 Å². The summed E-state index contributed by atoms with van der Waals surface area (Å²) in [6, 6.07) is -12.6. The lowest BCUT2D eigenvalue weighted by Crippen LogP contribution is -2.61. The predicted molar refractivity (Wildman–Crippen MR) is 404 cm³/mol. The lowest BCUT2D eigenvalue weighted by molar-refractivity contribution is -0.145. The van der Waals surface area contributed by atoms with Crippen LogP contribution in [0.3, 0.4) is 0 Å². The van der Waals surface area contributed by atoms with Crippen molar-refractivity contribution in [2.24, 2.45) is 17.2 Å².